The predicted octanol–water partition coefficient (Wildman–Crippen LogP) is 2.07. The van der Waals surface area contributed by atoms with E-state index in [1.54, 1.807) is 0 Å². The lowest BCUT2D eigenvalue weighted by Crippen LogP contribution is -2.49. The molecule has 1 aromatic heterocycles. The minimum absolute atomic E-state index is 0.267. The Balaban J connectivity index is 2.04. The van der Waals surface area contributed by atoms with E-state index in [0.29, 0.717) is 11.5 Å². The quantitative estimate of drug-likeness (QED) is 0.900. The monoisotopic (exact) mass is 258 g/mol. The lowest BCUT2D eigenvalue weighted by Gasteiger charge is -2.35. The van der Waals surface area contributed by atoms with E-state index in [2.05, 4.69) is 28.3 Å². The Hall–Kier alpha value is -1.96. The number of hydrogen-bond donors (Lipinski definition) is 1. The molecule has 1 N–H and O–H groups in total. The van der Waals surface area contributed by atoms with Gasteiger partial charge in [0.2, 0.25) is 0 Å². The summed E-state index contributed by atoms with van der Waals surface area (Å²) in [4.78, 5) is 19.7. The van der Waals surface area contributed by atoms with Crippen molar-refractivity contribution >= 4 is 5.91 Å². The Morgan fingerprint density at radius 2 is 2.11 bits per heavy atom. The zero-order valence-electron chi connectivity index (χ0n) is 11.1. The van der Waals surface area contributed by atoms with Gasteiger partial charge in [-0.05, 0) is 31.6 Å². The van der Waals surface area contributed by atoms with Gasteiger partial charge in [0, 0.05) is 12.4 Å². The number of hydrogen-bond acceptors (Lipinski definition) is 4. The molecule has 1 heterocycles. The zero-order valence-corrected chi connectivity index (χ0v) is 11.1. The third-order valence-corrected chi connectivity index (χ3v) is 3.93. The predicted molar refractivity (Wildman–Crippen MR) is 70.1 cm³/mol. The van der Waals surface area contributed by atoms with Crippen molar-refractivity contribution in [1.29, 1.82) is 5.26 Å². The van der Waals surface area contributed by atoms with E-state index in [1.807, 2.05) is 0 Å². The average molecular weight is 258 g/mol. The summed E-state index contributed by atoms with van der Waals surface area (Å²) >= 11 is 0. The number of amides is 1. The Morgan fingerprint density at radius 1 is 1.47 bits per heavy atom. The van der Waals surface area contributed by atoms with Crippen LogP contribution in [0.3, 0.4) is 0 Å². The van der Waals surface area contributed by atoms with Gasteiger partial charge in [0.1, 0.15) is 11.9 Å². The Morgan fingerprint density at radius 3 is 2.63 bits per heavy atom. The van der Waals surface area contributed by atoms with Crippen LogP contribution in [-0.2, 0) is 0 Å². The Labute approximate surface area is 113 Å². The van der Waals surface area contributed by atoms with E-state index in [1.165, 1.54) is 18.7 Å². The first-order chi connectivity index (χ1) is 9.19. The second-order valence-corrected chi connectivity index (χ2v) is 5.13. The standard InChI is InChI=1S/C14H18N4O/c1-2-11-3-5-14(9-15,6-4-11)18-13(19)12-7-16-10-17-8-12/h7-8,10-11H,2-6H2,1H3,(H,18,19). The van der Waals surface area contributed by atoms with Gasteiger partial charge in [-0.1, -0.05) is 13.3 Å². The molecule has 1 fully saturated rings. The minimum atomic E-state index is -0.724. The topological polar surface area (TPSA) is 78.7 Å². The molecule has 2 rings (SSSR count). The largest absolute Gasteiger partial charge is 0.334 e. The van der Waals surface area contributed by atoms with Gasteiger partial charge < -0.3 is 5.32 Å². The molecule has 1 aliphatic rings. The summed E-state index contributed by atoms with van der Waals surface area (Å²) in [5.41, 5.74) is -0.326. The van der Waals surface area contributed by atoms with Crippen LogP contribution in [0.5, 0.6) is 0 Å². The highest BCUT2D eigenvalue weighted by Gasteiger charge is 2.36. The van der Waals surface area contributed by atoms with Crippen molar-refractivity contribution in [2.75, 3.05) is 0 Å². The molecule has 1 aromatic rings. The lowest BCUT2D eigenvalue weighted by molar-refractivity contribution is 0.0890. The molecule has 5 nitrogen and oxygen atoms in total. The SMILES string of the molecule is CCC1CCC(C#N)(NC(=O)c2cncnc2)CC1. The van der Waals surface area contributed by atoms with Crippen LogP contribution in [0, 0.1) is 17.2 Å². The zero-order chi connectivity index (χ0) is 13.7. The van der Waals surface area contributed by atoms with Crippen LogP contribution >= 0.6 is 0 Å². The fourth-order valence-electron chi connectivity index (χ4n) is 2.55. The number of aromatic nitrogens is 2. The van der Waals surface area contributed by atoms with Gasteiger partial charge in [0.05, 0.1) is 11.6 Å². The maximum atomic E-state index is 12.1. The number of carbonyl (C=O) groups is 1. The van der Waals surface area contributed by atoms with Crippen LogP contribution in [0.25, 0.3) is 0 Å². The van der Waals surface area contributed by atoms with Gasteiger partial charge in [-0.15, -0.1) is 0 Å². The molecule has 0 bridgehead atoms. The molecule has 0 radical (unpaired) electrons. The summed E-state index contributed by atoms with van der Waals surface area (Å²) in [6, 6.07) is 2.29. The molecule has 1 aliphatic carbocycles. The summed E-state index contributed by atoms with van der Waals surface area (Å²) < 4.78 is 0. The molecule has 0 aromatic carbocycles. The average Bonchev–Trinajstić information content (AvgIpc) is 2.49. The number of nitrogens with one attached hydrogen (secondary N) is 1. The van der Waals surface area contributed by atoms with Gasteiger partial charge in [0.15, 0.2) is 0 Å². The molecular formula is C14H18N4O. The molecule has 100 valence electrons. The van der Waals surface area contributed by atoms with Crippen LogP contribution in [0.1, 0.15) is 49.4 Å². The molecule has 1 saturated carbocycles. The number of nitrogens with zero attached hydrogens (tertiary/aromatic N) is 3. The van der Waals surface area contributed by atoms with Crippen molar-refractivity contribution in [3.63, 3.8) is 0 Å². The summed E-state index contributed by atoms with van der Waals surface area (Å²) in [5.74, 6) is 0.413. The first-order valence-electron chi connectivity index (χ1n) is 6.68. The summed E-state index contributed by atoms with van der Waals surface area (Å²) in [7, 11) is 0. The van der Waals surface area contributed by atoms with E-state index in [0.717, 1.165) is 32.1 Å². The van der Waals surface area contributed by atoms with Crippen LogP contribution < -0.4 is 5.32 Å². The van der Waals surface area contributed by atoms with E-state index in [9.17, 15) is 10.1 Å². The second-order valence-electron chi connectivity index (χ2n) is 5.13. The molecule has 0 saturated heterocycles. The molecule has 5 heteroatoms. The van der Waals surface area contributed by atoms with Gasteiger partial charge in [0.25, 0.3) is 5.91 Å². The molecular weight excluding hydrogens is 240 g/mol. The summed E-state index contributed by atoms with van der Waals surface area (Å²) in [6.45, 7) is 2.17. The smallest absolute Gasteiger partial charge is 0.255 e. The van der Waals surface area contributed by atoms with E-state index < -0.39 is 5.54 Å². The van der Waals surface area contributed by atoms with E-state index in [-0.39, 0.29) is 5.91 Å². The van der Waals surface area contributed by atoms with Crippen LogP contribution in [0.2, 0.25) is 0 Å². The third kappa shape index (κ3) is 3.08. The third-order valence-electron chi connectivity index (χ3n) is 3.93. The normalized spacial score (nSPS) is 26.4. The van der Waals surface area contributed by atoms with Gasteiger partial charge in [-0.25, -0.2) is 9.97 Å². The fourth-order valence-corrected chi connectivity index (χ4v) is 2.55. The van der Waals surface area contributed by atoms with E-state index in [4.69, 9.17) is 0 Å². The maximum Gasteiger partial charge on any atom is 0.255 e. The van der Waals surface area contributed by atoms with Crippen molar-refractivity contribution in [2.24, 2.45) is 5.92 Å². The minimum Gasteiger partial charge on any atom is -0.334 e. The van der Waals surface area contributed by atoms with Crippen molar-refractivity contribution in [1.82, 2.24) is 15.3 Å². The van der Waals surface area contributed by atoms with Crippen LogP contribution in [0.4, 0.5) is 0 Å². The Bertz CT molecular complexity index is 472. The number of nitriles is 1. The van der Waals surface area contributed by atoms with Gasteiger partial charge in [-0.3, -0.25) is 4.79 Å². The second kappa shape index (κ2) is 5.79. The van der Waals surface area contributed by atoms with Gasteiger partial charge >= 0.3 is 0 Å². The maximum absolute atomic E-state index is 12.1. The van der Waals surface area contributed by atoms with Crippen molar-refractivity contribution in [3.8, 4) is 6.07 Å². The molecule has 0 unspecified atom stereocenters. The molecule has 1 amide bonds. The first kappa shape index (κ1) is 13.5. The lowest BCUT2D eigenvalue weighted by atomic mass is 9.76. The summed E-state index contributed by atoms with van der Waals surface area (Å²) in [6.07, 6.45) is 8.88. The van der Waals surface area contributed by atoms with Crippen LogP contribution in [0.15, 0.2) is 18.7 Å². The highest BCUT2D eigenvalue weighted by Crippen LogP contribution is 2.33. The highest BCUT2D eigenvalue weighted by atomic mass is 16.1. The molecule has 0 atom stereocenters. The van der Waals surface area contributed by atoms with Crippen LogP contribution in [-0.4, -0.2) is 21.4 Å². The Kier molecular flexibility index (Phi) is 4.10. The fraction of sp³-hybridized carbons (Fsp3) is 0.571. The van der Waals surface area contributed by atoms with E-state index >= 15 is 0 Å². The van der Waals surface area contributed by atoms with Crippen molar-refractivity contribution < 1.29 is 4.79 Å². The van der Waals surface area contributed by atoms with Crippen molar-refractivity contribution in [2.45, 2.75) is 44.6 Å². The highest BCUT2D eigenvalue weighted by molar-refractivity contribution is 5.94. The molecule has 19 heavy (non-hydrogen) atoms. The number of rotatable bonds is 3. The molecule has 0 spiro atoms. The van der Waals surface area contributed by atoms with Gasteiger partial charge in [-0.2, -0.15) is 5.26 Å². The first-order valence-corrected chi connectivity index (χ1v) is 6.68. The number of carbonyl (C=O) groups excluding carboxylic acids is 1. The molecule has 0 aliphatic heterocycles. The van der Waals surface area contributed by atoms with Crippen molar-refractivity contribution in [3.05, 3.63) is 24.3 Å². The summed E-state index contributed by atoms with van der Waals surface area (Å²) in [5, 5.41) is 12.3.